The molecule has 1 N–H and O–H groups in total. The van der Waals surface area contributed by atoms with Crippen LogP contribution in [0.2, 0.25) is 0 Å². The molecule has 0 bridgehead atoms. The molecule has 2 aromatic heterocycles. The summed E-state index contributed by atoms with van der Waals surface area (Å²) in [5, 5.41) is 4.81. The van der Waals surface area contributed by atoms with Crippen molar-refractivity contribution in [3.05, 3.63) is 47.2 Å². The molecule has 0 aliphatic carbocycles. The number of fused-ring (bicyclic) bond motifs is 1. The molecule has 22 heavy (non-hydrogen) atoms. The van der Waals surface area contributed by atoms with E-state index in [2.05, 4.69) is 10.3 Å². The molecule has 0 aliphatic heterocycles. The Morgan fingerprint density at radius 3 is 2.95 bits per heavy atom. The average molecular weight is 317 g/mol. The van der Waals surface area contributed by atoms with Crippen molar-refractivity contribution < 1.29 is 14.3 Å². The predicted octanol–water partition coefficient (Wildman–Crippen LogP) is 2.34. The van der Waals surface area contributed by atoms with E-state index in [1.165, 1.54) is 14.2 Å². The maximum atomic E-state index is 12.3. The lowest BCUT2D eigenvalue weighted by Gasteiger charge is -2.12. The molecule has 7 heteroatoms. The van der Waals surface area contributed by atoms with E-state index in [0.29, 0.717) is 23.6 Å². The van der Waals surface area contributed by atoms with Crippen molar-refractivity contribution in [3.8, 4) is 11.5 Å². The number of amides is 1. The highest BCUT2D eigenvalue weighted by molar-refractivity contribution is 7.15. The van der Waals surface area contributed by atoms with Gasteiger partial charge in [-0.15, -0.1) is 11.3 Å². The Balaban J connectivity index is 1.75. The second-order valence-electron chi connectivity index (χ2n) is 4.55. The van der Waals surface area contributed by atoms with Crippen LogP contribution in [-0.4, -0.2) is 29.5 Å². The Morgan fingerprint density at radius 2 is 2.23 bits per heavy atom. The highest BCUT2D eigenvalue weighted by Gasteiger charge is 2.16. The molecule has 3 aromatic rings. The van der Waals surface area contributed by atoms with Gasteiger partial charge in [0.2, 0.25) is 0 Å². The lowest BCUT2D eigenvalue weighted by atomic mass is 10.1. The Hall–Kier alpha value is -2.54. The molecular weight excluding hydrogens is 302 g/mol. The standard InChI is InChI=1S/C15H15N3O3S/c1-20-12-5-3-4-11(13(12)21-2)14(19)16-8-10-9-18-6-7-22-15(18)17-10/h3-7,9H,8H2,1-2H3,(H,16,19). The van der Waals surface area contributed by atoms with Gasteiger partial charge in [0.05, 0.1) is 32.0 Å². The number of rotatable bonds is 5. The van der Waals surface area contributed by atoms with Crippen LogP contribution in [0, 0.1) is 0 Å². The zero-order valence-corrected chi connectivity index (χ0v) is 13.0. The van der Waals surface area contributed by atoms with E-state index in [4.69, 9.17) is 9.47 Å². The van der Waals surface area contributed by atoms with Gasteiger partial charge in [-0.05, 0) is 12.1 Å². The number of carbonyl (C=O) groups excluding carboxylic acids is 1. The van der Waals surface area contributed by atoms with E-state index < -0.39 is 0 Å². The second-order valence-corrected chi connectivity index (χ2v) is 5.42. The monoisotopic (exact) mass is 317 g/mol. The quantitative estimate of drug-likeness (QED) is 0.784. The van der Waals surface area contributed by atoms with Gasteiger partial charge in [0.25, 0.3) is 5.91 Å². The van der Waals surface area contributed by atoms with Crippen LogP contribution in [0.25, 0.3) is 4.96 Å². The molecule has 0 saturated heterocycles. The summed E-state index contributed by atoms with van der Waals surface area (Å²) >= 11 is 1.55. The van der Waals surface area contributed by atoms with Crippen molar-refractivity contribution in [2.45, 2.75) is 6.54 Å². The van der Waals surface area contributed by atoms with E-state index >= 15 is 0 Å². The lowest BCUT2D eigenvalue weighted by molar-refractivity contribution is 0.0946. The fourth-order valence-electron chi connectivity index (χ4n) is 2.19. The van der Waals surface area contributed by atoms with Crippen LogP contribution in [0.15, 0.2) is 36.0 Å². The summed E-state index contributed by atoms with van der Waals surface area (Å²) in [4.78, 5) is 17.7. The number of imidazole rings is 1. The summed E-state index contributed by atoms with van der Waals surface area (Å²) in [6.45, 7) is 0.355. The molecule has 0 saturated carbocycles. The van der Waals surface area contributed by atoms with E-state index in [9.17, 15) is 4.79 Å². The first-order valence-corrected chi connectivity index (χ1v) is 7.51. The van der Waals surface area contributed by atoms with Crippen molar-refractivity contribution >= 4 is 22.2 Å². The zero-order chi connectivity index (χ0) is 15.5. The number of benzene rings is 1. The number of hydrogen-bond acceptors (Lipinski definition) is 5. The molecule has 1 aromatic carbocycles. The normalized spacial score (nSPS) is 10.6. The van der Waals surface area contributed by atoms with Crippen molar-refractivity contribution in [1.82, 2.24) is 14.7 Å². The van der Waals surface area contributed by atoms with Crippen molar-refractivity contribution in [1.29, 1.82) is 0 Å². The second kappa shape index (κ2) is 6.07. The van der Waals surface area contributed by atoms with E-state index in [1.54, 1.807) is 29.5 Å². The van der Waals surface area contributed by atoms with Crippen LogP contribution in [0.5, 0.6) is 11.5 Å². The smallest absolute Gasteiger partial charge is 0.255 e. The Kier molecular flexibility index (Phi) is 3.97. The third-order valence-corrected chi connectivity index (χ3v) is 3.99. The number of ether oxygens (including phenoxy) is 2. The van der Waals surface area contributed by atoms with Gasteiger partial charge in [-0.2, -0.15) is 0 Å². The summed E-state index contributed by atoms with van der Waals surface area (Å²) in [6.07, 6.45) is 3.83. The molecule has 2 heterocycles. The minimum Gasteiger partial charge on any atom is -0.493 e. The SMILES string of the molecule is COc1cccc(C(=O)NCc2cn3ccsc3n2)c1OC. The van der Waals surface area contributed by atoms with Crippen LogP contribution >= 0.6 is 11.3 Å². The topological polar surface area (TPSA) is 64.9 Å². The van der Waals surface area contributed by atoms with Crippen LogP contribution < -0.4 is 14.8 Å². The minimum absolute atomic E-state index is 0.230. The summed E-state index contributed by atoms with van der Waals surface area (Å²) in [5.41, 5.74) is 1.24. The fraction of sp³-hybridized carbons (Fsp3) is 0.200. The molecule has 0 atom stereocenters. The number of aromatic nitrogens is 2. The Labute approximate surface area is 131 Å². The summed E-state index contributed by atoms with van der Waals surface area (Å²) in [7, 11) is 3.05. The van der Waals surface area contributed by atoms with E-state index in [-0.39, 0.29) is 5.91 Å². The van der Waals surface area contributed by atoms with E-state index in [1.807, 2.05) is 22.2 Å². The maximum Gasteiger partial charge on any atom is 0.255 e. The number of nitrogens with zero attached hydrogens (tertiary/aromatic N) is 2. The molecule has 0 radical (unpaired) electrons. The molecule has 0 fully saturated rings. The molecule has 1 amide bonds. The van der Waals surface area contributed by atoms with Gasteiger partial charge in [0.15, 0.2) is 16.5 Å². The number of carbonyl (C=O) groups is 1. The number of para-hydroxylation sites is 1. The van der Waals surface area contributed by atoms with Gasteiger partial charge in [-0.3, -0.25) is 9.20 Å². The van der Waals surface area contributed by atoms with Gasteiger partial charge in [0, 0.05) is 17.8 Å². The highest BCUT2D eigenvalue weighted by Crippen LogP contribution is 2.30. The number of nitrogens with one attached hydrogen (secondary N) is 1. The van der Waals surface area contributed by atoms with Crippen LogP contribution in [0.1, 0.15) is 16.1 Å². The largest absolute Gasteiger partial charge is 0.493 e. The van der Waals surface area contributed by atoms with E-state index in [0.717, 1.165) is 10.7 Å². The van der Waals surface area contributed by atoms with Gasteiger partial charge in [0.1, 0.15) is 0 Å². The molecule has 114 valence electrons. The van der Waals surface area contributed by atoms with Crippen LogP contribution in [-0.2, 0) is 6.54 Å². The highest BCUT2D eigenvalue weighted by atomic mass is 32.1. The molecule has 6 nitrogen and oxygen atoms in total. The van der Waals surface area contributed by atoms with Crippen molar-refractivity contribution in [2.75, 3.05) is 14.2 Å². The van der Waals surface area contributed by atoms with Crippen LogP contribution in [0.3, 0.4) is 0 Å². The van der Waals surface area contributed by atoms with Crippen molar-refractivity contribution in [3.63, 3.8) is 0 Å². The molecule has 0 aliphatic rings. The van der Waals surface area contributed by atoms with Crippen LogP contribution in [0.4, 0.5) is 0 Å². The third-order valence-electron chi connectivity index (χ3n) is 3.22. The van der Waals surface area contributed by atoms with Crippen molar-refractivity contribution in [2.24, 2.45) is 0 Å². The maximum absolute atomic E-state index is 12.3. The summed E-state index contributed by atoms with van der Waals surface area (Å²) in [6, 6.07) is 5.20. The third kappa shape index (κ3) is 2.62. The van der Waals surface area contributed by atoms with Gasteiger partial charge in [-0.1, -0.05) is 6.07 Å². The first kappa shape index (κ1) is 14.4. The zero-order valence-electron chi connectivity index (χ0n) is 12.2. The van der Waals surface area contributed by atoms with Gasteiger partial charge < -0.3 is 14.8 Å². The average Bonchev–Trinajstić information content (AvgIpc) is 3.12. The van der Waals surface area contributed by atoms with Gasteiger partial charge in [-0.25, -0.2) is 4.98 Å². The van der Waals surface area contributed by atoms with Gasteiger partial charge >= 0.3 is 0 Å². The molecule has 0 spiro atoms. The summed E-state index contributed by atoms with van der Waals surface area (Å²) in [5.74, 6) is 0.720. The Morgan fingerprint density at radius 1 is 1.36 bits per heavy atom. The number of thiazole rings is 1. The number of methoxy groups -OCH3 is 2. The molecular formula is C15H15N3O3S. The number of hydrogen-bond donors (Lipinski definition) is 1. The molecule has 3 rings (SSSR count). The first-order chi connectivity index (χ1) is 10.7. The summed E-state index contributed by atoms with van der Waals surface area (Å²) < 4.78 is 12.4. The first-order valence-electron chi connectivity index (χ1n) is 6.63. The Bertz CT molecular complexity index is 781. The minimum atomic E-state index is -0.230. The lowest BCUT2D eigenvalue weighted by Crippen LogP contribution is -2.23. The molecule has 0 unspecified atom stereocenters. The predicted molar refractivity (Wildman–Crippen MR) is 83.8 cm³/mol. The fourth-order valence-corrected chi connectivity index (χ4v) is 2.91.